The van der Waals surface area contributed by atoms with Crippen molar-refractivity contribution in [3.63, 3.8) is 0 Å². The van der Waals surface area contributed by atoms with Gasteiger partial charge in [0.15, 0.2) is 11.6 Å². The lowest BCUT2D eigenvalue weighted by Gasteiger charge is -2.11. The van der Waals surface area contributed by atoms with E-state index in [1.54, 1.807) is 0 Å². The van der Waals surface area contributed by atoms with Crippen LogP contribution in [0.3, 0.4) is 0 Å². The van der Waals surface area contributed by atoms with Crippen LogP contribution in [0, 0.1) is 11.6 Å². The average molecular weight is 294 g/mol. The van der Waals surface area contributed by atoms with Crippen molar-refractivity contribution in [1.29, 1.82) is 0 Å². The molecular formula is C14H12F2N2O3. The van der Waals surface area contributed by atoms with Crippen molar-refractivity contribution in [3.05, 3.63) is 47.5 Å². The van der Waals surface area contributed by atoms with E-state index in [4.69, 9.17) is 20.9 Å². The molecule has 0 spiro atoms. The van der Waals surface area contributed by atoms with E-state index in [1.165, 1.54) is 25.3 Å². The van der Waals surface area contributed by atoms with Gasteiger partial charge in [0, 0.05) is 23.8 Å². The van der Waals surface area contributed by atoms with Crippen molar-refractivity contribution in [2.24, 2.45) is 5.73 Å². The highest BCUT2D eigenvalue weighted by Crippen LogP contribution is 2.32. The number of rotatable bonds is 4. The lowest BCUT2D eigenvalue weighted by molar-refractivity contribution is 0.0999. The zero-order valence-corrected chi connectivity index (χ0v) is 11.0. The predicted octanol–water partition coefficient (Wildman–Crippen LogP) is 2.45. The fourth-order valence-corrected chi connectivity index (χ4v) is 1.66. The number of hydrogen-bond acceptors (Lipinski definition) is 4. The Balaban J connectivity index is 2.44. The number of halogens is 2. The molecule has 0 aliphatic rings. The van der Waals surface area contributed by atoms with Gasteiger partial charge in [-0.15, -0.1) is 0 Å². The molecule has 2 aromatic carbocycles. The third-order valence-corrected chi connectivity index (χ3v) is 2.68. The molecule has 21 heavy (non-hydrogen) atoms. The number of methoxy groups -OCH3 is 1. The van der Waals surface area contributed by atoms with Crippen molar-refractivity contribution in [2.45, 2.75) is 0 Å². The van der Waals surface area contributed by atoms with Crippen LogP contribution >= 0.6 is 0 Å². The number of carbonyl (C=O) groups excluding carboxylic acids is 1. The van der Waals surface area contributed by atoms with E-state index >= 15 is 0 Å². The first-order chi connectivity index (χ1) is 9.90. The van der Waals surface area contributed by atoms with Gasteiger partial charge in [-0.05, 0) is 12.1 Å². The standard InChI is InChI=1S/C14H12F2N2O3/c1-20-9-2-7(14(18)19)3-10(6-9)21-12-5-8(15)4-11(16)13(12)17/h2-6H,17H2,1H3,(H2,18,19). The summed E-state index contributed by atoms with van der Waals surface area (Å²) in [5, 5.41) is 0. The molecule has 7 heteroatoms. The first-order valence-corrected chi connectivity index (χ1v) is 5.82. The summed E-state index contributed by atoms with van der Waals surface area (Å²) in [6, 6.07) is 5.72. The van der Waals surface area contributed by atoms with Gasteiger partial charge in [-0.3, -0.25) is 4.79 Å². The molecule has 0 heterocycles. The molecule has 1 amide bonds. The lowest BCUT2D eigenvalue weighted by Crippen LogP contribution is -2.11. The van der Waals surface area contributed by atoms with Gasteiger partial charge in [-0.25, -0.2) is 8.78 Å². The van der Waals surface area contributed by atoms with E-state index in [-0.39, 0.29) is 22.7 Å². The Morgan fingerprint density at radius 3 is 2.38 bits per heavy atom. The molecule has 2 rings (SSSR count). The number of amides is 1. The number of carbonyl (C=O) groups is 1. The summed E-state index contributed by atoms with van der Waals surface area (Å²) in [5.74, 6) is -2.28. The van der Waals surface area contributed by atoms with Gasteiger partial charge >= 0.3 is 0 Å². The minimum absolute atomic E-state index is 0.111. The van der Waals surface area contributed by atoms with E-state index in [1.807, 2.05) is 0 Å². The lowest BCUT2D eigenvalue weighted by atomic mass is 10.2. The summed E-state index contributed by atoms with van der Waals surface area (Å²) < 4.78 is 36.8. The minimum Gasteiger partial charge on any atom is -0.497 e. The Morgan fingerprint density at radius 1 is 1.10 bits per heavy atom. The summed E-state index contributed by atoms with van der Waals surface area (Å²) in [7, 11) is 1.39. The molecule has 4 N–H and O–H groups in total. The van der Waals surface area contributed by atoms with E-state index in [2.05, 4.69) is 0 Å². The Bertz CT molecular complexity index is 705. The maximum Gasteiger partial charge on any atom is 0.248 e. The van der Waals surface area contributed by atoms with Gasteiger partial charge in [0.25, 0.3) is 0 Å². The van der Waals surface area contributed by atoms with Gasteiger partial charge in [0.1, 0.15) is 23.0 Å². The van der Waals surface area contributed by atoms with Crippen LogP contribution in [0.15, 0.2) is 30.3 Å². The van der Waals surface area contributed by atoms with Gasteiger partial charge < -0.3 is 20.9 Å². The molecule has 0 saturated heterocycles. The molecule has 0 atom stereocenters. The second-order valence-electron chi connectivity index (χ2n) is 4.16. The zero-order chi connectivity index (χ0) is 15.6. The quantitative estimate of drug-likeness (QED) is 0.848. The largest absolute Gasteiger partial charge is 0.497 e. The molecule has 0 aromatic heterocycles. The molecule has 0 aliphatic heterocycles. The van der Waals surface area contributed by atoms with Gasteiger partial charge in [0.2, 0.25) is 5.91 Å². The second kappa shape index (κ2) is 5.66. The molecule has 0 radical (unpaired) electrons. The summed E-state index contributed by atoms with van der Waals surface area (Å²) in [4.78, 5) is 11.2. The maximum absolute atomic E-state index is 13.4. The number of primary amides is 1. The van der Waals surface area contributed by atoms with Crippen LogP contribution in [0.1, 0.15) is 10.4 Å². The zero-order valence-electron chi connectivity index (χ0n) is 11.0. The van der Waals surface area contributed by atoms with E-state index < -0.39 is 17.5 Å². The summed E-state index contributed by atoms with van der Waals surface area (Å²) in [6.07, 6.45) is 0. The molecule has 0 saturated carbocycles. The molecule has 5 nitrogen and oxygen atoms in total. The molecule has 0 aliphatic carbocycles. The topological polar surface area (TPSA) is 87.6 Å². The highest BCUT2D eigenvalue weighted by atomic mass is 19.1. The first kappa shape index (κ1) is 14.6. The predicted molar refractivity (Wildman–Crippen MR) is 72.4 cm³/mol. The summed E-state index contributed by atoms with van der Waals surface area (Å²) >= 11 is 0. The fourth-order valence-electron chi connectivity index (χ4n) is 1.66. The molecule has 0 fully saturated rings. The van der Waals surface area contributed by atoms with Crippen molar-refractivity contribution >= 4 is 11.6 Å². The van der Waals surface area contributed by atoms with Crippen molar-refractivity contribution in [2.75, 3.05) is 12.8 Å². The normalized spacial score (nSPS) is 10.2. The van der Waals surface area contributed by atoms with E-state index in [0.717, 1.165) is 6.07 Å². The molecule has 2 aromatic rings. The van der Waals surface area contributed by atoms with Crippen LogP contribution in [0.25, 0.3) is 0 Å². The van der Waals surface area contributed by atoms with Crippen LogP contribution in [-0.4, -0.2) is 13.0 Å². The van der Waals surface area contributed by atoms with Crippen LogP contribution in [0.5, 0.6) is 17.2 Å². The second-order valence-corrected chi connectivity index (χ2v) is 4.16. The van der Waals surface area contributed by atoms with Crippen LogP contribution in [0.2, 0.25) is 0 Å². The van der Waals surface area contributed by atoms with Crippen LogP contribution in [-0.2, 0) is 0 Å². The smallest absolute Gasteiger partial charge is 0.248 e. The maximum atomic E-state index is 13.4. The number of nitrogen functional groups attached to an aromatic ring is 1. The molecule has 0 bridgehead atoms. The number of ether oxygens (including phenoxy) is 2. The fraction of sp³-hybridized carbons (Fsp3) is 0.0714. The minimum atomic E-state index is -0.942. The van der Waals surface area contributed by atoms with Gasteiger partial charge in [0.05, 0.1) is 7.11 Å². The van der Waals surface area contributed by atoms with E-state index in [9.17, 15) is 13.6 Å². The highest BCUT2D eigenvalue weighted by Gasteiger charge is 2.13. The van der Waals surface area contributed by atoms with E-state index in [0.29, 0.717) is 11.8 Å². The summed E-state index contributed by atoms with van der Waals surface area (Å²) in [6.45, 7) is 0. The van der Waals surface area contributed by atoms with Crippen molar-refractivity contribution < 1.29 is 23.0 Å². The third kappa shape index (κ3) is 3.19. The number of hydrogen-bond donors (Lipinski definition) is 2. The Morgan fingerprint density at radius 2 is 1.76 bits per heavy atom. The van der Waals surface area contributed by atoms with Crippen LogP contribution in [0.4, 0.5) is 14.5 Å². The molecular weight excluding hydrogens is 282 g/mol. The van der Waals surface area contributed by atoms with Crippen LogP contribution < -0.4 is 20.9 Å². The Kier molecular flexibility index (Phi) is 3.93. The van der Waals surface area contributed by atoms with Crippen molar-refractivity contribution in [1.82, 2.24) is 0 Å². The molecule has 0 unspecified atom stereocenters. The third-order valence-electron chi connectivity index (χ3n) is 2.68. The summed E-state index contributed by atoms with van der Waals surface area (Å²) in [5.41, 5.74) is 10.4. The van der Waals surface area contributed by atoms with Crippen molar-refractivity contribution in [3.8, 4) is 17.2 Å². The SMILES string of the molecule is COc1cc(Oc2cc(F)cc(F)c2N)cc(C(N)=O)c1. The molecule has 110 valence electrons. The Labute approximate surface area is 119 Å². The number of nitrogens with two attached hydrogens (primary N) is 2. The Hall–Kier alpha value is -2.83. The first-order valence-electron chi connectivity index (χ1n) is 5.82. The monoisotopic (exact) mass is 294 g/mol. The highest BCUT2D eigenvalue weighted by molar-refractivity contribution is 5.93. The number of anilines is 1. The van der Waals surface area contributed by atoms with Gasteiger partial charge in [-0.1, -0.05) is 0 Å². The number of benzene rings is 2. The van der Waals surface area contributed by atoms with Gasteiger partial charge in [-0.2, -0.15) is 0 Å². The average Bonchev–Trinajstić information content (AvgIpc) is 2.43.